The minimum atomic E-state index is -0.0670. The van der Waals surface area contributed by atoms with Crippen molar-refractivity contribution in [2.45, 2.75) is 13.8 Å². The van der Waals surface area contributed by atoms with E-state index in [-0.39, 0.29) is 5.43 Å². The van der Waals surface area contributed by atoms with Crippen LogP contribution < -0.4 is 10.2 Å². The number of hydrogen-bond acceptors (Lipinski definition) is 4. The zero-order chi connectivity index (χ0) is 16.7. The standard InChI is InChI=1S/C20H16O4/c1-3-22-14-6-4-13(5-7-14)18-10-16(21)15-8-9-17-19(20(15)24-18)12(2)11-23-17/h4-11H,3H2,1-2H3. The van der Waals surface area contributed by atoms with E-state index in [0.717, 1.165) is 22.3 Å². The van der Waals surface area contributed by atoms with Crippen LogP contribution in [0.15, 0.2) is 62.4 Å². The van der Waals surface area contributed by atoms with Gasteiger partial charge in [0.25, 0.3) is 0 Å². The molecule has 120 valence electrons. The number of fused-ring (bicyclic) bond motifs is 3. The third-order valence-corrected chi connectivity index (χ3v) is 4.07. The first-order chi connectivity index (χ1) is 11.7. The van der Waals surface area contributed by atoms with Crippen molar-refractivity contribution < 1.29 is 13.6 Å². The van der Waals surface area contributed by atoms with Gasteiger partial charge in [0, 0.05) is 11.6 Å². The second-order valence-corrected chi connectivity index (χ2v) is 5.67. The molecule has 0 fully saturated rings. The molecule has 2 heterocycles. The Hall–Kier alpha value is -3.01. The largest absolute Gasteiger partial charge is 0.494 e. The predicted molar refractivity (Wildman–Crippen MR) is 93.6 cm³/mol. The number of ether oxygens (including phenoxy) is 1. The molecular formula is C20H16O4. The normalized spacial score (nSPS) is 11.2. The second kappa shape index (κ2) is 5.57. The summed E-state index contributed by atoms with van der Waals surface area (Å²) in [6.45, 7) is 4.49. The van der Waals surface area contributed by atoms with Gasteiger partial charge in [0.2, 0.25) is 0 Å². The van der Waals surface area contributed by atoms with E-state index >= 15 is 0 Å². The van der Waals surface area contributed by atoms with Crippen LogP contribution in [0.4, 0.5) is 0 Å². The molecule has 0 aliphatic carbocycles. The number of hydrogen-bond donors (Lipinski definition) is 0. The average Bonchev–Trinajstić information content (AvgIpc) is 2.97. The summed E-state index contributed by atoms with van der Waals surface area (Å²) in [7, 11) is 0. The smallest absolute Gasteiger partial charge is 0.193 e. The molecule has 0 saturated carbocycles. The lowest BCUT2D eigenvalue weighted by Gasteiger charge is -2.06. The Morgan fingerprint density at radius 1 is 1.08 bits per heavy atom. The molecule has 0 saturated heterocycles. The van der Waals surface area contributed by atoms with Crippen LogP contribution in [0.25, 0.3) is 33.3 Å². The minimum Gasteiger partial charge on any atom is -0.494 e. The van der Waals surface area contributed by atoms with E-state index in [1.807, 2.05) is 38.1 Å². The first-order valence-electron chi connectivity index (χ1n) is 7.85. The van der Waals surface area contributed by atoms with Crippen molar-refractivity contribution in [3.8, 4) is 17.1 Å². The van der Waals surface area contributed by atoms with Gasteiger partial charge >= 0.3 is 0 Å². The lowest BCUT2D eigenvalue weighted by Crippen LogP contribution is -2.00. The minimum absolute atomic E-state index is 0.0670. The van der Waals surface area contributed by atoms with Crippen LogP contribution in [0.2, 0.25) is 0 Å². The van der Waals surface area contributed by atoms with Crippen molar-refractivity contribution in [1.29, 1.82) is 0 Å². The van der Waals surface area contributed by atoms with Gasteiger partial charge in [-0.05, 0) is 55.8 Å². The average molecular weight is 320 g/mol. The Morgan fingerprint density at radius 2 is 1.88 bits per heavy atom. The van der Waals surface area contributed by atoms with E-state index in [4.69, 9.17) is 13.6 Å². The highest BCUT2D eigenvalue weighted by atomic mass is 16.5. The Labute approximate surface area is 138 Å². The molecule has 2 aromatic carbocycles. The molecule has 4 nitrogen and oxygen atoms in total. The number of aryl methyl sites for hydroxylation is 1. The molecule has 0 N–H and O–H groups in total. The number of rotatable bonds is 3. The molecule has 0 unspecified atom stereocenters. The summed E-state index contributed by atoms with van der Waals surface area (Å²) < 4.78 is 17.0. The Morgan fingerprint density at radius 3 is 2.62 bits per heavy atom. The van der Waals surface area contributed by atoms with Crippen molar-refractivity contribution in [3.05, 3.63) is 64.5 Å². The fraction of sp³-hybridized carbons (Fsp3) is 0.150. The van der Waals surface area contributed by atoms with Gasteiger partial charge in [-0.25, -0.2) is 0 Å². The maximum atomic E-state index is 12.5. The molecule has 0 bridgehead atoms. The van der Waals surface area contributed by atoms with Crippen molar-refractivity contribution >= 4 is 21.9 Å². The molecule has 0 aliphatic rings. The van der Waals surface area contributed by atoms with Gasteiger partial charge in [0.1, 0.15) is 22.7 Å². The first kappa shape index (κ1) is 14.6. The zero-order valence-electron chi connectivity index (χ0n) is 13.5. The summed E-state index contributed by atoms with van der Waals surface area (Å²) in [5.41, 5.74) is 2.99. The van der Waals surface area contributed by atoms with Gasteiger partial charge < -0.3 is 13.6 Å². The molecule has 2 aromatic heterocycles. The zero-order valence-corrected chi connectivity index (χ0v) is 13.5. The molecule has 0 amide bonds. The Bertz CT molecular complexity index is 1080. The van der Waals surface area contributed by atoms with E-state index in [0.29, 0.717) is 28.9 Å². The van der Waals surface area contributed by atoms with Crippen LogP contribution in [0.3, 0.4) is 0 Å². The molecule has 0 spiro atoms. The van der Waals surface area contributed by atoms with Crippen molar-refractivity contribution in [1.82, 2.24) is 0 Å². The number of furan rings is 1. The molecule has 24 heavy (non-hydrogen) atoms. The van der Waals surface area contributed by atoms with E-state index in [9.17, 15) is 4.79 Å². The second-order valence-electron chi connectivity index (χ2n) is 5.67. The fourth-order valence-corrected chi connectivity index (χ4v) is 2.91. The van der Waals surface area contributed by atoms with Gasteiger partial charge in [-0.15, -0.1) is 0 Å². The summed E-state index contributed by atoms with van der Waals surface area (Å²) in [5, 5.41) is 1.40. The van der Waals surface area contributed by atoms with Crippen LogP contribution in [-0.4, -0.2) is 6.61 Å². The fourth-order valence-electron chi connectivity index (χ4n) is 2.91. The first-order valence-corrected chi connectivity index (χ1v) is 7.85. The summed E-state index contributed by atoms with van der Waals surface area (Å²) in [6.07, 6.45) is 1.67. The van der Waals surface area contributed by atoms with Crippen LogP contribution in [0, 0.1) is 6.92 Å². The van der Waals surface area contributed by atoms with Gasteiger partial charge in [0.05, 0.1) is 23.6 Å². The third-order valence-electron chi connectivity index (χ3n) is 4.07. The van der Waals surface area contributed by atoms with Crippen LogP contribution in [0.5, 0.6) is 5.75 Å². The van der Waals surface area contributed by atoms with Crippen LogP contribution in [0.1, 0.15) is 12.5 Å². The Kier molecular flexibility index (Phi) is 3.38. The summed E-state index contributed by atoms with van der Waals surface area (Å²) in [4.78, 5) is 12.5. The highest BCUT2D eigenvalue weighted by Crippen LogP contribution is 2.31. The highest BCUT2D eigenvalue weighted by molar-refractivity contribution is 6.04. The maximum Gasteiger partial charge on any atom is 0.193 e. The van der Waals surface area contributed by atoms with Crippen LogP contribution in [-0.2, 0) is 0 Å². The molecule has 4 aromatic rings. The lowest BCUT2D eigenvalue weighted by molar-refractivity contribution is 0.340. The lowest BCUT2D eigenvalue weighted by atomic mass is 10.1. The van der Waals surface area contributed by atoms with Gasteiger partial charge in [-0.1, -0.05) is 0 Å². The summed E-state index contributed by atoms with van der Waals surface area (Å²) in [6, 6.07) is 12.6. The molecular weight excluding hydrogens is 304 g/mol. The molecule has 0 atom stereocenters. The van der Waals surface area contributed by atoms with Crippen LogP contribution >= 0.6 is 0 Å². The molecule has 4 rings (SSSR count). The van der Waals surface area contributed by atoms with E-state index < -0.39 is 0 Å². The topological polar surface area (TPSA) is 52.6 Å². The van der Waals surface area contributed by atoms with Crippen molar-refractivity contribution in [3.63, 3.8) is 0 Å². The van der Waals surface area contributed by atoms with E-state index in [2.05, 4.69) is 0 Å². The van der Waals surface area contributed by atoms with Gasteiger partial charge in [0.15, 0.2) is 5.43 Å². The Balaban J connectivity index is 1.94. The van der Waals surface area contributed by atoms with Gasteiger partial charge in [-0.3, -0.25) is 4.79 Å². The highest BCUT2D eigenvalue weighted by Gasteiger charge is 2.13. The third kappa shape index (κ3) is 2.27. The van der Waals surface area contributed by atoms with E-state index in [1.54, 1.807) is 18.4 Å². The number of benzene rings is 2. The predicted octanol–water partition coefficient (Wildman–Crippen LogP) is 4.91. The SMILES string of the molecule is CCOc1ccc(-c2cc(=O)c3ccc4occ(C)c4c3o2)cc1. The van der Waals surface area contributed by atoms with E-state index in [1.165, 1.54) is 6.07 Å². The van der Waals surface area contributed by atoms with Crippen molar-refractivity contribution in [2.75, 3.05) is 6.61 Å². The summed E-state index contributed by atoms with van der Waals surface area (Å²) >= 11 is 0. The monoisotopic (exact) mass is 320 g/mol. The molecule has 0 aliphatic heterocycles. The van der Waals surface area contributed by atoms with Crippen molar-refractivity contribution in [2.24, 2.45) is 0 Å². The quantitative estimate of drug-likeness (QED) is 0.538. The molecule has 4 heteroatoms. The summed E-state index contributed by atoms with van der Waals surface area (Å²) in [5.74, 6) is 1.32. The van der Waals surface area contributed by atoms with Gasteiger partial charge in [-0.2, -0.15) is 0 Å². The maximum absolute atomic E-state index is 12.5. The molecule has 0 radical (unpaired) electrons.